The monoisotopic (exact) mass is 232 g/mol. The summed E-state index contributed by atoms with van der Waals surface area (Å²) in [6.45, 7) is 7.04. The van der Waals surface area contributed by atoms with Crippen molar-refractivity contribution in [2.75, 3.05) is 0 Å². The molecule has 0 saturated carbocycles. The average Bonchev–Trinajstić information content (AvgIpc) is 2.30. The summed E-state index contributed by atoms with van der Waals surface area (Å²) in [6.07, 6.45) is 4.19. The molecular formula is C15H24Si. The molecule has 0 saturated heterocycles. The maximum atomic E-state index is 2.43. The van der Waals surface area contributed by atoms with Gasteiger partial charge in [0.2, 0.25) is 0 Å². The van der Waals surface area contributed by atoms with Gasteiger partial charge in [-0.3, -0.25) is 0 Å². The topological polar surface area (TPSA) is 0 Å². The van der Waals surface area contributed by atoms with Crippen LogP contribution in [0.15, 0.2) is 18.2 Å². The minimum atomic E-state index is -0.448. The van der Waals surface area contributed by atoms with Crippen LogP contribution in [0.4, 0.5) is 0 Å². The molecule has 0 radical (unpaired) electrons. The van der Waals surface area contributed by atoms with E-state index >= 15 is 0 Å². The Bertz CT molecular complexity index is 352. The summed E-state index contributed by atoms with van der Waals surface area (Å²) in [5.74, 6) is 0. The zero-order chi connectivity index (χ0) is 11.5. The fourth-order valence-corrected chi connectivity index (χ4v) is 6.41. The first-order valence-electron chi connectivity index (χ1n) is 6.83. The molecule has 0 aliphatic heterocycles. The van der Waals surface area contributed by atoms with E-state index in [2.05, 4.69) is 39.0 Å². The van der Waals surface area contributed by atoms with Gasteiger partial charge >= 0.3 is 0 Å². The molecule has 0 nitrogen and oxygen atoms in total. The van der Waals surface area contributed by atoms with Crippen molar-refractivity contribution in [2.24, 2.45) is 0 Å². The van der Waals surface area contributed by atoms with E-state index < -0.39 is 8.80 Å². The van der Waals surface area contributed by atoms with E-state index in [1.165, 1.54) is 36.9 Å². The summed E-state index contributed by atoms with van der Waals surface area (Å²) >= 11 is 0. The van der Waals surface area contributed by atoms with Gasteiger partial charge in [0.25, 0.3) is 0 Å². The summed E-state index contributed by atoms with van der Waals surface area (Å²) in [7, 11) is -0.448. The number of rotatable bonds is 3. The van der Waals surface area contributed by atoms with Crippen LogP contribution in [-0.2, 0) is 12.8 Å². The summed E-state index contributed by atoms with van der Waals surface area (Å²) < 4.78 is 0. The lowest BCUT2D eigenvalue weighted by atomic mass is 9.90. The van der Waals surface area contributed by atoms with Gasteiger partial charge in [-0.25, -0.2) is 0 Å². The Kier molecular flexibility index (Phi) is 3.85. The molecule has 0 unspecified atom stereocenters. The van der Waals surface area contributed by atoms with Crippen LogP contribution in [0.1, 0.15) is 37.0 Å². The van der Waals surface area contributed by atoms with E-state index in [1.807, 2.05) is 0 Å². The standard InChI is InChI=1S/C15H24Si/c1-4-16(5-2)15-9-8-13-7-6-12(3)10-14(13)11-15/h6-7,10,15-16H,4-5,8-9,11H2,1-3H3/t15-/m0/s1. The molecule has 0 fully saturated rings. The lowest BCUT2D eigenvalue weighted by molar-refractivity contribution is 0.664. The van der Waals surface area contributed by atoms with Gasteiger partial charge in [-0.2, -0.15) is 0 Å². The summed E-state index contributed by atoms with van der Waals surface area (Å²) in [4.78, 5) is 0. The number of fused-ring (bicyclic) bond motifs is 1. The van der Waals surface area contributed by atoms with Gasteiger partial charge in [-0.15, -0.1) is 0 Å². The lowest BCUT2D eigenvalue weighted by Gasteiger charge is -2.30. The molecule has 2 rings (SSSR count). The Balaban J connectivity index is 2.16. The number of aryl methyl sites for hydroxylation is 2. The van der Waals surface area contributed by atoms with Crippen LogP contribution in [0.2, 0.25) is 17.6 Å². The molecule has 1 aliphatic rings. The molecule has 0 spiro atoms. The van der Waals surface area contributed by atoms with Gasteiger partial charge < -0.3 is 0 Å². The molecular weight excluding hydrogens is 208 g/mol. The van der Waals surface area contributed by atoms with Gasteiger partial charge in [0, 0.05) is 8.80 Å². The molecule has 1 aliphatic carbocycles. The van der Waals surface area contributed by atoms with E-state index in [1.54, 1.807) is 11.1 Å². The fraction of sp³-hybridized carbons (Fsp3) is 0.600. The fourth-order valence-electron chi connectivity index (χ4n) is 3.27. The first-order chi connectivity index (χ1) is 7.74. The first kappa shape index (κ1) is 11.9. The van der Waals surface area contributed by atoms with Crippen LogP contribution >= 0.6 is 0 Å². The minimum absolute atomic E-state index is 0.448. The Labute approximate surface area is 102 Å². The van der Waals surface area contributed by atoms with Gasteiger partial charge in [0.15, 0.2) is 0 Å². The number of hydrogen-bond acceptors (Lipinski definition) is 0. The van der Waals surface area contributed by atoms with Crippen molar-refractivity contribution in [2.45, 2.75) is 57.7 Å². The summed E-state index contributed by atoms with van der Waals surface area (Å²) in [5.41, 5.74) is 5.80. The first-order valence-corrected chi connectivity index (χ1v) is 9.13. The van der Waals surface area contributed by atoms with E-state index in [4.69, 9.17) is 0 Å². The highest BCUT2D eigenvalue weighted by Gasteiger charge is 2.24. The zero-order valence-electron chi connectivity index (χ0n) is 10.9. The Hall–Kier alpha value is -0.563. The van der Waals surface area contributed by atoms with Gasteiger partial charge in [0.05, 0.1) is 0 Å². The highest BCUT2D eigenvalue weighted by atomic mass is 28.3. The van der Waals surface area contributed by atoms with Crippen molar-refractivity contribution in [3.05, 3.63) is 34.9 Å². The Morgan fingerprint density at radius 2 is 1.94 bits per heavy atom. The summed E-state index contributed by atoms with van der Waals surface area (Å²) in [6, 6.07) is 10.0. The largest absolute Gasteiger partial charge is 0.0680 e. The molecule has 16 heavy (non-hydrogen) atoms. The zero-order valence-corrected chi connectivity index (χ0v) is 12.1. The third kappa shape index (κ3) is 2.40. The molecule has 0 N–H and O–H groups in total. The molecule has 0 aromatic heterocycles. The van der Waals surface area contributed by atoms with Gasteiger partial charge in [-0.1, -0.05) is 49.7 Å². The van der Waals surface area contributed by atoms with E-state index in [-0.39, 0.29) is 0 Å². The van der Waals surface area contributed by atoms with Crippen LogP contribution in [0.25, 0.3) is 0 Å². The predicted molar refractivity (Wildman–Crippen MR) is 75.1 cm³/mol. The molecule has 1 aromatic carbocycles. The van der Waals surface area contributed by atoms with Crippen molar-refractivity contribution < 1.29 is 0 Å². The quantitative estimate of drug-likeness (QED) is 0.688. The van der Waals surface area contributed by atoms with Gasteiger partial charge in [-0.05, 0) is 42.9 Å². The van der Waals surface area contributed by atoms with E-state index in [9.17, 15) is 0 Å². The highest BCUT2D eigenvalue weighted by Crippen LogP contribution is 2.34. The molecule has 88 valence electrons. The second-order valence-electron chi connectivity index (χ2n) is 5.35. The van der Waals surface area contributed by atoms with Crippen molar-refractivity contribution >= 4 is 8.80 Å². The molecule has 0 amide bonds. The normalized spacial score (nSPS) is 19.9. The second kappa shape index (κ2) is 5.18. The average molecular weight is 232 g/mol. The van der Waals surface area contributed by atoms with Crippen molar-refractivity contribution in [1.29, 1.82) is 0 Å². The molecule has 1 aromatic rings. The molecule has 0 bridgehead atoms. The minimum Gasteiger partial charge on any atom is -0.0680 e. The van der Waals surface area contributed by atoms with Crippen LogP contribution in [0.3, 0.4) is 0 Å². The smallest absolute Gasteiger partial charge is 0.0397 e. The molecule has 0 heterocycles. The maximum absolute atomic E-state index is 2.43. The third-order valence-corrected chi connectivity index (χ3v) is 8.34. The SMILES string of the molecule is CC[SiH](CC)[C@H]1CCc2ccc(C)cc2C1. The van der Waals surface area contributed by atoms with Crippen LogP contribution in [0, 0.1) is 6.92 Å². The number of benzene rings is 1. The van der Waals surface area contributed by atoms with Crippen LogP contribution < -0.4 is 0 Å². The van der Waals surface area contributed by atoms with Crippen molar-refractivity contribution in [3.63, 3.8) is 0 Å². The molecule has 1 atom stereocenters. The summed E-state index contributed by atoms with van der Waals surface area (Å²) in [5, 5.41) is 0. The number of hydrogen-bond donors (Lipinski definition) is 0. The van der Waals surface area contributed by atoms with Crippen LogP contribution in [0.5, 0.6) is 0 Å². The Morgan fingerprint density at radius 3 is 2.62 bits per heavy atom. The molecule has 1 heteroatoms. The third-order valence-electron chi connectivity index (χ3n) is 4.34. The highest BCUT2D eigenvalue weighted by molar-refractivity contribution is 6.60. The maximum Gasteiger partial charge on any atom is 0.0397 e. The van der Waals surface area contributed by atoms with Crippen LogP contribution in [-0.4, -0.2) is 8.80 Å². The van der Waals surface area contributed by atoms with Crippen molar-refractivity contribution in [1.82, 2.24) is 0 Å². The van der Waals surface area contributed by atoms with E-state index in [0.29, 0.717) is 0 Å². The van der Waals surface area contributed by atoms with E-state index in [0.717, 1.165) is 5.54 Å². The van der Waals surface area contributed by atoms with Gasteiger partial charge in [0.1, 0.15) is 0 Å². The Morgan fingerprint density at radius 1 is 1.19 bits per heavy atom. The second-order valence-corrected chi connectivity index (χ2v) is 9.45. The van der Waals surface area contributed by atoms with Crippen molar-refractivity contribution in [3.8, 4) is 0 Å². The predicted octanol–water partition coefficient (Wildman–Crippen LogP) is 4.12. The lowest BCUT2D eigenvalue weighted by Crippen LogP contribution is -2.24.